The molecule has 1 heterocycles. The fourth-order valence-electron chi connectivity index (χ4n) is 6.15. The van der Waals surface area contributed by atoms with E-state index >= 15 is 0 Å². The van der Waals surface area contributed by atoms with Gasteiger partial charge in [-0.2, -0.15) is 0 Å². The van der Waals surface area contributed by atoms with E-state index < -0.39 is 0 Å². The highest BCUT2D eigenvalue weighted by atomic mass is 16.2. The first-order valence-electron chi connectivity index (χ1n) is 12.2. The number of hydrogen-bond donors (Lipinski definition) is 2. The van der Waals surface area contributed by atoms with Crippen molar-refractivity contribution >= 4 is 23.0 Å². The summed E-state index contributed by atoms with van der Waals surface area (Å²) < 4.78 is 0. The third kappa shape index (κ3) is 3.89. The lowest BCUT2D eigenvalue weighted by molar-refractivity contribution is 0.0577. The molecule has 1 aromatic heterocycles. The van der Waals surface area contributed by atoms with E-state index in [1.54, 1.807) is 0 Å². The average Bonchev–Trinajstić information content (AvgIpc) is 3.44. The summed E-state index contributed by atoms with van der Waals surface area (Å²) in [6.07, 6.45) is 16.3. The minimum absolute atomic E-state index is 0.0880. The number of H-pyrrole nitrogens is 1. The second kappa shape index (κ2) is 8.46. The van der Waals surface area contributed by atoms with Crippen LogP contribution in [0.15, 0.2) is 30.5 Å². The Morgan fingerprint density at radius 3 is 2.52 bits per heavy atom. The molecule has 0 atom stereocenters. The van der Waals surface area contributed by atoms with E-state index in [9.17, 15) is 4.79 Å². The first-order valence-corrected chi connectivity index (χ1v) is 12.2. The Kier molecular flexibility index (Phi) is 5.62. The summed E-state index contributed by atoms with van der Waals surface area (Å²) in [5, 5.41) is 3.08. The van der Waals surface area contributed by atoms with Crippen LogP contribution >= 0.6 is 0 Å². The molecule has 1 aromatic carbocycles. The summed E-state index contributed by atoms with van der Waals surface area (Å²) in [6, 6.07) is 6.55. The molecule has 33 heavy (non-hydrogen) atoms. The zero-order valence-corrected chi connectivity index (χ0v) is 19.7. The van der Waals surface area contributed by atoms with E-state index in [2.05, 4.69) is 63.4 Å². The van der Waals surface area contributed by atoms with Gasteiger partial charge in [0, 0.05) is 16.8 Å². The summed E-state index contributed by atoms with van der Waals surface area (Å²) in [4.78, 5) is 25.4. The van der Waals surface area contributed by atoms with Gasteiger partial charge in [0.25, 0.3) is 5.82 Å². The molecule has 0 unspecified atom stereocenters. The van der Waals surface area contributed by atoms with Gasteiger partial charge in [0.15, 0.2) is 0 Å². The van der Waals surface area contributed by atoms with Crippen LogP contribution in [0.1, 0.15) is 86.0 Å². The van der Waals surface area contributed by atoms with Gasteiger partial charge in [-0.05, 0) is 94.1 Å². The molecule has 2 fully saturated rings. The predicted octanol–water partition coefficient (Wildman–Crippen LogP) is 6.28. The van der Waals surface area contributed by atoms with E-state index in [1.807, 2.05) is 0 Å². The molecule has 0 radical (unpaired) electrons. The molecule has 1 spiro atoms. The molecular weight excluding hydrogens is 410 g/mol. The average molecular weight is 444 g/mol. The van der Waals surface area contributed by atoms with Gasteiger partial charge in [0.05, 0.1) is 6.20 Å². The number of aromatic nitrogens is 2. The molecule has 0 aliphatic heterocycles. The van der Waals surface area contributed by atoms with Gasteiger partial charge >= 0.3 is 5.91 Å². The SMILES string of the molecule is [C-]#[N+]c1cnc(C(=O)Nc2ccc(C3(N(C)C)CCC3)cc2C2=CCC3(CCCC3)CC2)[nH]1. The normalized spacial score (nSPS) is 20.8. The third-order valence-corrected chi connectivity index (χ3v) is 8.46. The van der Waals surface area contributed by atoms with Gasteiger partial charge in [0.2, 0.25) is 5.82 Å². The highest BCUT2D eigenvalue weighted by molar-refractivity contribution is 6.03. The van der Waals surface area contributed by atoms with Crippen molar-refractivity contribution in [3.63, 3.8) is 0 Å². The maximum atomic E-state index is 12.9. The molecule has 3 aliphatic rings. The van der Waals surface area contributed by atoms with Crippen LogP contribution in [0.3, 0.4) is 0 Å². The topological polar surface area (TPSA) is 65.4 Å². The monoisotopic (exact) mass is 443 g/mol. The van der Waals surface area contributed by atoms with Crippen LogP contribution in [0.5, 0.6) is 0 Å². The Bertz CT molecular complexity index is 1130. The van der Waals surface area contributed by atoms with Gasteiger partial charge in [-0.15, -0.1) is 0 Å². The van der Waals surface area contributed by atoms with E-state index in [4.69, 9.17) is 6.57 Å². The van der Waals surface area contributed by atoms with Crippen molar-refractivity contribution in [2.45, 2.75) is 69.7 Å². The van der Waals surface area contributed by atoms with Crippen LogP contribution in [0, 0.1) is 12.0 Å². The lowest BCUT2D eigenvalue weighted by atomic mass is 9.69. The molecule has 1 amide bonds. The fraction of sp³-hybridized carbons (Fsp3) is 0.519. The summed E-state index contributed by atoms with van der Waals surface area (Å²) in [7, 11) is 4.34. The lowest BCUT2D eigenvalue weighted by Gasteiger charge is -2.48. The highest BCUT2D eigenvalue weighted by Gasteiger charge is 2.41. The first kappa shape index (κ1) is 21.9. The molecule has 0 bridgehead atoms. The summed E-state index contributed by atoms with van der Waals surface area (Å²) >= 11 is 0. The number of nitrogens with zero attached hydrogens (tertiary/aromatic N) is 3. The van der Waals surface area contributed by atoms with Gasteiger partial charge in [-0.25, -0.2) is 4.98 Å². The number of allylic oxidation sites excluding steroid dienone is 2. The second-order valence-electron chi connectivity index (χ2n) is 10.4. The van der Waals surface area contributed by atoms with Gasteiger partial charge < -0.3 is 10.2 Å². The standard InChI is InChI=1S/C27H33N5O/c1-28-23-18-29-24(31-23)25(33)30-22-8-7-20(27(32(2)3)13-6-14-27)17-21(22)19-9-15-26(16-10-19)11-4-5-12-26/h7-9,17-18H,4-6,10-16H2,2-3H3,(H,29,31)(H,30,33). The van der Waals surface area contributed by atoms with Crippen LogP contribution in [0.2, 0.25) is 0 Å². The Balaban J connectivity index is 1.49. The number of anilines is 1. The van der Waals surface area contributed by atoms with Crippen LogP contribution in [-0.2, 0) is 5.54 Å². The van der Waals surface area contributed by atoms with Crippen molar-refractivity contribution < 1.29 is 4.79 Å². The number of aromatic amines is 1. The minimum atomic E-state index is -0.312. The quantitative estimate of drug-likeness (QED) is 0.534. The van der Waals surface area contributed by atoms with Crippen molar-refractivity contribution in [1.82, 2.24) is 14.9 Å². The number of hydrogen-bond acceptors (Lipinski definition) is 3. The molecule has 172 valence electrons. The van der Waals surface area contributed by atoms with Crippen LogP contribution in [0.4, 0.5) is 11.5 Å². The largest absolute Gasteiger partial charge is 0.363 e. The Labute approximate surface area is 196 Å². The lowest BCUT2D eigenvalue weighted by Crippen LogP contribution is -2.47. The van der Waals surface area contributed by atoms with Crippen molar-refractivity contribution in [3.8, 4) is 0 Å². The Morgan fingerprint density at radius 2 is 1.94 bits per heavy atom. The molecule has 3 aliphatic carbocycles. The minimum Gasteiger partial charge on any atom is -0.363 e. The number of benzene rings is 1. The summed E-state index contributed by atoms with van der Waals surface area (Å²) in [6.45, 7) is 7.11. The number of carbonyl (C=O) groups is 1. The molecule has 2 aromatic rings. The number of amides is 1. The van der Waals surface area contributed by atoms with Gasteiger partial charge in [0.1, 0.15) is 0 Å². The molecule has 2 N–H and O–H groups in total. The zero-order chi connectivity index (χ0) is 23.1. The van der Waals surface area contributed by atoms with Crippen molar-refractivity contribution in [3.05, 3.63) is 58.8 Å². The van der Waals surface area contributed by atoms with Crippen molar-refractivity contribution in [2.24, 2.45) is 5.41 Å². The molecule has 5 rings (SSSR count). The maximum Gasteiger partial charge on any atom is 0.314 e. The highest BCUT2D eigenvalue weighted by Crippen LogP contribution is 2.51. The first-order chi connectivity index (χ1) is 15.9. The molecule has 2 saturated carbocycles. The van der Waals surface area contributed by atoms with Crippen LogP contribution in [-0.4, -0.2) is 34.9 Å². The molecule has 6 nitrogen and oxygen atoms in total. The number of rotatable bonds is 5. The zero-order valence-electron chi connectivity index (χ0n) is 19.7. The summed E-state index contributed by atoms with van der Waals surface area (Å²) in [5.74, 6) is 0.126. The van der Waals surface area contributed by atoms with E-state index in [-0.39, 0.29) is 23.1 Å². The Morgan fingerprint density at radius 1 is 1.15 bits per heavy atom. The van der Waals surface area contributed by atoms with Gasteiger partial charge in [-0.3, -0.25) is 14.7 Å². The molecule has 0 saturated heterocycles. The second-order valence-corrected chi connectivity index (χ2v) is 10.4. The smallest absolute Gasteiger partial charge is 0.314 e. The Hall–Kier alpha value is -2.91. The van der Waals surface area contributed by atoms with Crippen LogP contribution in [0.25, 0.3) is 10.4 Å². The number of nitrogens with one attached hydrogen (secondary N) is 2. The summed E-state index contributed by atoms with van der Waals surface area (Å²) in [5.41, 5.74) is 5.24. The van der Waals surface area contributed by atoms with Crippen molar-refractivity contribution in [1.29, 1.82) is 0 Å². The predicted molar refractivity (Wildman–Crippen MR) is 131 cm³/mol. The van der Waals surface area contributed by atoms with Crippen molar-refractivity contribution in [2.75, 3.05) is 19.4 Å². The maximum absolute atomic E-state index is 12.9. The van der Waals surface area contributed by atoms with Crippen LogP contribution < -0.4 is 5.32 Å². The van der Waals surface area contributed by atoms with Gasteiger partial charge in [-0.1, -0.05) is 31.6 Å². The van der Waals surface area contributed by atoms with E-state index in [0.29, 0.717) is 5.41 Å². The van der Waals surface area contributed by atoms with E-state index in [0.717, 1.165) is 24.1 Å². The third-order valence-electron chi connectivity index (χ3n) is 8.46. The molecular formula is C27H33N5O. The van der Waals surface area contributed by atoms with E-state index in [1.165, 1.54) is 68.7 Å². The number of carbonyl (C=O) groups excluding carboxylic acids is 1. The fourth-order valence-corrected chi connectivity index (χ4v) is 6.15. The number of imidazole rings is 1. The molecule has 6 heteroatoms.